The highest BCUT2D eigenvalue weighted by Crippen LogP contribution is 2.35. The Morgan fingerprint density at radius 1 is 1.44 bits per heavy atom. The topological polar surface area (TPSA) is 73.1 Å². The molecule has 1 aliphatic carbocycles. The molecule has 0 heterocycles. The molecule has 1 rings (SSSR count). The lowest BCUT2D eigenvalue weighted by atomic mass is 9.74. The Bertz CT molecular complexity index is 303. The second-order valence-corrected chi connectivity index (χ2v) is 5.44. The van der Waals surface area contributed by atoms with E-state index in [1.165, 1.54) is 0 Å². The molecule has 1 fully saturated rings. The van der Waals surface area contributed by atoms with Crippen molar-refractivity contribution in [3.05, 3.63) is 0 Å². The van der Waals surface area contributed by atoms with E-state index < -0.39 is 5.41 Å². The number of rotatable bonds is 6. The van der Waals surface area contributed by atoms with Gasteiger partial charge in [0.2, 0.25) is 5.91 Å². The minimum Gasteiger partial charge on any atom is -0.396 e. The molecule has 4 nitrogen and oxygen atoms in total. The molecule has 0 aliphatic heterocycles. The Labute approximate surface area is 109 Å². The van der Waals surface area contributed by atoms with E-state index in [0.29, 0.717) is 19.4 Å². The summed E-state index contributed by atoms with van der Waals surface area (Å²) in [5.41, 5.74) is -0.777. The number of nitrogens with zero attached hydrogens (tertiary/aromatic N) is 1. The fourth-order valence-corrected chi connectivity index (χ4v) is 2.46. The van der Waals surface area contributed by atoms with E-state index >= 15 is 0 Å². The van der Waals surface area contributed by atoms with Gasteiger partial charge in [0.25, 0.3) is 0 Å². The summed E-state index contributed by atoms with van der Waals surface area (Å²) in [6.45, 7) is 2.78. The first-order valence-corrected chi connectivity index (χ1v) is 6.95. The number of hydrogen-bond donors (Lipinski definition) is 2. The average molecular weight is 252 g/mol. The third-order valence-electron chi connectivity index (χ3n) is 3.83. The Morgan fingerprint density at radius 2 is 2.11 bits per heavy atom. The molecule has 4 heteroatoms. The van der Waals surface area contributed by atoms with Crippen molar-refractivity contribution in [3.63, 3.8) is 0 Å². The molecular formula is C14H24N2O2. The molecule has 0 aromatic rings. The van der Waals surface area contributed by atoms with Gasteiger partial charge in [0.05, 0.1) is 6.07 Å². The number of amides is 1. The van der Waals surface area contributed by atoms with Gasteiger partial charge in [0, 0.05) is 13.2 Å². The smallest absolute Gasteiger partial charge is 0.240 e. The lowest BCUT2D eigenvalue weighted by Crippen LogP contribution is -2.41. The second-order valence-electron chi connectivity index (χ2n) is 5.44. The van der Waals surface area contributed by atoms with E-state index in [-0.39, 0.29) is 18.4 Å². The molecule has 0 spiro atoms. The van der Waals surface area contributed by atoms with Crippen LogP contribution in [-0.2, 0) is 4.79 Å². The zero-order valence-electron chi connectivity index (χ0n) is 11.2. The van der Waals surface area contributed by atoms with Crippen LogP contribution >= 0.6 is 0 Å². The van der Waals surface area contributed by atoms with Crippen molar-refractivity contribution in [2.24, 2.45) is 11.3 Å². The summed E-state index contributed by atoms with van der Waals surface area (Å²) in [5, 5.41) is 21.0. The average Bonchev–Trinajstić information content (AvgIpc) is 2.43. The van der Waals surface area contributed by atoms with Gasteiger partial charge in [-0.3, -0.25) is 4.79 Å². The maximum Gasteiger partial charge on any atom is 0.240 e. The zero-order chi connectivity index (χ0) is 13.4. The van der Waals surface area contributed by atoms with Crippen LogP contribution in [0, 0.1) is 22.7 Å². The summed E-state index contributed by atoms with van der Waals surface area (Å²) in [7, 11) is 0. The summed E-state index contributed by atoms with van der Waals surface area (Å²) in [4.78, 5) is 12.1. The summed E-state index contributed by atoms with van der Waals surface area (Å²) >= 11 is 0. The largest absolute Gasteiger partial charge is 0.396 e. The lowest BCUT2D eigenvalue weighted by molar-refractivity contribution is -0.129. The van der Waals surface area contributed by atoms with Crippen LogP contribution in [0.15, 0.2) is 0 Å². The second kappa shape index (κ2) is 7.38. The van der Waals surface area contributed by atoms with Crippen LogP contribution in [0.4, 0.5) is 0 Å². The number of carbonyl (C=O) groups is 1. The zero-order valence-corrected chi connectivity index (χ0v) is 11.2. The Hall–Kier alpha value is -1.08. The first-order chi connectivity index (χ1) is 8.64. The van der Waals surface area contributed by atoms with Crippen molar-refractivity contribution >= 4 is 5.91 Å². The fraction of sp³-hybridized carbons (Fsp3) is 0.857. The minimum absolute atomic E-state index is 0.0960. The molecule has 1 aliphatic rings. The van der Waals surface area contributed by atoms with Crippen molar-refractivity contribution in [1.82, 2.24) is 5.32 Å². The van der Waals surface area contributed by atoms with Crippen LogP contribution < -0.4 is 5.32 Å². The quantitative estimate of drug-likeness (QED) is 0.710. The number of hydrogen-bond acceptors (Lipinski definition) is 3. The number of aliphatic hydroxyl groups is 1. The molecule has 1 saturated carbocycles. The van der Waals surface area contributed by atoms with E-state index in [9.17, 15) is 10.1 Å². The number of nitrogens with one attached hydrogen (secondary N) is 1. The predicted molar refractivity (Wildman–Crippen MR) is 69.6 cm³/mol. The highest BCUT2D eigenvalue weighted by Gasteiger charge is 2.39. The number of carbonyl (C=O) groups excluding carboxylic acids is 1. The predicted octanol–water partition coefficient (Wildman–Crippen LogP) is 1.99. The molecule has 1 amide bonds. The van der Waals surface area contributed by atoms with E-state index in [4.69, 9.17) is 5.11 Å². The summed E-state index contributed by atoms with van der Waals surface area (Å²) in [5.74, 6) is 0.183. The van der Waals surface area contributed by atoms with E-state index in [1.807, 2.05) is 6.92 Å². The molecular weight excluding hydrogens is 228 g/mol. The van der Waals surface area contributed by atoms with Crippen LogP contribution in [0.2, 0.25) is 0 Å². The third-order valence-corrected chi connectivity index (χ3v) is 3.83. The van der Waals surface area contributed by atoms with Gasteiger partial charge >= 0.3 is 0 Å². The van der Waals surface area contributed by atoms with Crippen molar-refractivity contribution in [3.8, 4) is 6.07 Å². The summed E-state index contributed by atoms with van der Waals surface area (Å²) in [6.07, 6.45) is 6.23. The van der Waals surface area contributed by atoms with Gasteiger partial charge in [-0.05, 0) is 31.6 Å². The van der Waals surface area contributed by atoms with Crippen LogP contribution in [-0.4, -0.2) is 24.2 Å². The molecule has 0 aromatic carbocycles. The van der Waals surface area contributed by atoms with Crippen LogP contribution in [0.25, 0.3) is 0 Å². The Kier molecular flexibility index (Phi) is 6.14. The SMILES string of the molecule is CC(CO)CCCNC(=O)C1(C#N)CCCCC1. The molecule has 1 unspecified atom stereocenters. The number of nitriles is 1. The Balaban J connectivity index is 2.33. The maximum atomic E-state index is 12.1. The van der Waals surface area contributed by atoms with Crippen molar-refractivity contribution in [1.29, 1.82) is 5.26 Å². The third kappa shape index (κ3) is 3.99. The normalized spacial score (nSPS) is 19.8. The highest BCUT2D eigenvalue weighted by molar-refractivity contribution is 5.85. The maximum absolute atomic E-state index is 12.1. The first kappa shape index (κ1) is 15.0. The van der Waals surface area contributed by atoms with Gasteiger partial charge in [0.1, 0.15) is 5.41 Å². The van der Waals surface area contributed by atoms with Gasteiger partial charge in [-0.1, -0.05) is 26.2 Å². The molecule has 2 N–H and O–H groups in total. The molecule has 18 heavy (non-hydrogen) atoms. The standard InChI is InChI=1S/C14H24N2O2/c1-12(10-17)6-5-9-16-13(18)14(11-15)7-3-2-4-8-14/h12,17H,2-10H2,1H3,(H,16,18). The van der Waals surface area contributed by atoms with Crippen molar-refractivity contribution < 1.29 is 9.90 Å². The molecule has 1 atom stereocenters. The highest BCUT2D eigenvalue weighted by atomic mass is 16.3. The molecule has 0 radical (unpaired) electrons. The lowest BCUT2D eigenvalue weighted by Gasteiger charge is -2.29. The van der Waals surface area contributed by atoms with Gasteiger partial charge < -0.3 is 10.4 Å². The summed E-state index contributed by atoms with van der Waals surface area (Å²) < 4.78 is 0. The van der Waals surface area contributed by atoms with Crippen molar-refractivity contribution in [2.45, 2.75) is 51.9 Å². The van der Waals surface area contributed by atoms with E-state index in [2.05, 4.69) is 11.4 Å². The van der Waals surface area contributed by atoms with Gasteiger partial charge in [0.15, 0.2) is 0 Å². The molecule has 102 valence electrons. The van der Waals surface area contributed by atoms with Gasteiger partial charge in [-0.15, -0.1) is 0 Å². The monoisotopic (exact) mass is 252 g/mol. The van der Waals surface area contributed by atoms with Crippen molar-refractivity contribution in [2.75, 3.05) is 13.2 Å². The van der Waals surface area contributed by atoms with Gasteiger partial charge in [-0.25, -0.2) is 0 Å². The minimum atomic E-state index is -0.777. The molecule has 0 aromatic heterocycles. The van der Waals surface area contributed by atoms with Crippen LogP contribution in [0.1, 0.15) is 51.9 Å². The van der Waals surface area contributed by atoms with E-state index in [0.717, 1.165) is 32.1 Å². The number of aliphatic hydroxyl groups excluding tert-OH is 1. The molecule has 0 saturated heterocycles. The Morgan fingerprint density at radius 3 is 2.67 bits per heavy atom. The fourth-order valence-electron chi connectivity index (χ4n) is 2.46. The molecule has 0 bridgehead atoms. The van der Waals surface area contributed by atoms with Gasteiger partial charge in [-0.2, -0.15) is 5.26 Å². The first-order valence-electron chi connectivity index (χ1n) is 6.95. The van der Waals surface area contributed by atoms with Crippen LogP contribution in [0.3, 0.4) is 0 Å². The van der Waals surface area contributed by atoms with Crippen LogP contribution in [0.5, 0.6) is 0 Å². The van der Waals surface area contributed by atoms with E-state index in [1.54, 1.807) is 0 Å². The summed E-state index contributed by atoms with van der Waals surface area (Å²) in [6, 6.07) is 2.23.